The average Bonchev–Trinajstić information content (AvgIpc) is 2.68. The van der Waals surface area contributed by atoms with Gasteiger partial charge in [-0.25, -0.2) is 0 Å². The largest absolute Gasteiger partial charge is 0.393 e. The number of unbranched alkanes of at least 4 members (excludes halogenated alkanes) is 4. The van der Waals surface area contributed by atoms with Crippen LogP contribution in [0, 0.1) is 41.4 Å². The van der Waals surface area contributed by atoms with Crippen LogP contribution >= 0.6 is 0 Å². The SMILES string of the molecule is CCCCCCCC(=O)NCC(C1CC(C)CC(C)C1O)C1CC(C)CC(C)C1O. The maximum absolute atomic E-state index is 12.5. The number of aliphatic hydroxyl groups is 2. The first-order valence-corrected chi connectivity index (χ1v) is 12.9. The van der Waals surface area contributed by atoms with E-state index in [1.54, 1.807) is 0 Å². The predicted octanol–water partition coefficient (Wildman–Crippen LogP) is 5.17. The molecule has 0 aromatic carbocycles. The summed E-state index contributed by atoms with van der Waals surface area (Å²) in [6.45, 7) is 11.7. The molecule has 0 bridgehead atoms. The highest BCUT2D eigenvalue weighted by atomic mass is 16.3. The van der Waals surface area contributed by atoms with Crippen molar-refractivity contribution >= 4 is 5.91 Å². The van der Waals surface area contributed by atoms with Crippen LogP contribution in [0.5, 0.6) is 0 Å². The van der Waals surface area contributed by atoms with E-state index in [-0.39, 0.29) is 47.7 Å². The zero-order chi connectivity index (χ0) is 22.3. The Morgan fingerprint density at radius 2 is 1.33 bits per heavy atom. The number of amides is 1. The van der Waals surface area contributed by atoms with Crippen LogP contribution in [0.2, 0.25) is 0 Å². The van der Waals surface area contributed by atoms with Crippen molar-refractivity contribution in [1.82, 2.24) is 5.32 Å². The van der Waals surface area contributed by atoms with Crippen molar-refractivity contribution < 1.29 is 15.0 Å². The summed E-state index contributed by atoms with van der Waals surface area (Å²) in [6, 6.07) is 0. The molecule has 30 heavy (non-hydrogen) atoms. The summed E-state index contributed by atoms with van der Waals surface area (Å²) in [4.78, 5) is 12.5. The molecule has 0 aliphatic heterocycles. The molecule has 4 nitrogen and oxygen atoms in total. The average molecular weight is 424 g/mol. The van der Waals surface area contributed by atoms with Crippen molar-refractivity contribution in [2.75, 3.05) is 6.54 Å². The number of rotatable bonds is 10. The van der Waals surface area contributed by atoms with Crippen molar-refractivity contribution in [3.8, 4) is 0 Å². The first kappa shape index (κ1) is 25.6. The van der Waals surface area contributed by atoms with Crippen molar-refractivity contribution in [2.45, 2.75) is 111 Å². The molecule has 0 aromatic heterocycles. The highest BCUT2D eigenvalue weighted by Gasteiger charge is 2.45. The molecule has 176 valence electrons. The summed E-state index contributed by atoms with van der Waals surface area (Å²) in [5, 5.41) is 25.3. The van der Waals surface area contributed by atoms with Gasteiger partial charge in [-0.3, -0.25) is 4.79 Å². The number of hydrogen-bond acceptors (Lipinski definition) is 3. The number of aliphatic hydroxyl groups excluding tert-OH is 2. The molecule has 2 rings (SSSR count). The van der Waals surface area contributed by atoms with Gasteiger partial charge in [-0.1, -0.05) is 60.3 Å². The van der Waals surface area contributed by atoms with Gasteiger partial charge in [0.25, 0.3) is 0 Å². The van der Waals surface area contributed by atoms with Crippen LogP contribution < -0.4 is 5.32 Å². The Hall–Kier alpha value is -0.610. The Labute approximate surface area is 185 Å². The van der Waals surface area contributed by atoms with Crippen LogP contribution in [0.15, 0.2) is 0 Å². The highest BCUT2D eigenvalue weighted by Crippen LogP contribution is 2.45. The Balaban J connectivity index is 2.05. The molecule has 4 heteroatoms. The minimum absolute atomic E-state index is 0.134. The van der Waals surface area contributed by atoms with Gasteiger partial charge in [0.15, 0.2) is 0 Å². The summed E-state index contributed by atoms with van der Waals surface area (Å²) in [5.74, 6) is 2.33. The lowest BCUT2D eigenvalue weighted by Gasteiger charge is -2.48. The standard InChI is InChI=1S/C26H49NO3/c1-6-7-8-9-10-11-24(28)27-16-23(21-14-17(2)12-19(4)25(21)29)22-15-18(3)13-20(5)26(22)30/h17-23,25-26,29-30H,6-16H2,1-5H3,(H,27,28). The van der Waals surface area contributed by atoms with Crippen molar-refractivity contribution in [2.24, 2.45) is 41.4 Å². The van der Waals surface area contributed by atoms with E-state index in [1.165, 1.54) is 19.3 Å². The summed E-state index contributed by atoms with van der Waals surface area (Å²) < 4.78 is 0. The maximum atomic E-state index is 12.5. The Bertz CT molecular complexity index is 481. The third kappa shape index (κ3) is 7.22. The number of nitrogens with one attached hydrogen (secondary N) is 1. The van der Waals surface area contributed by atoms with Crippen molar-refractivity contribution in [3.63, 3.8) is 0 Å². The maximum Gasteiger partial charge on any atom is 0.220 e. The molecule has 0 saturated heterocycles. The van der Waals surface area contributed by atoms with Gasteiger partial charge in [0.1, 0.15) is 0 Å². The molecule has 8 unspecified atom stereocenters. The lowest BCUT2D eigenvalue weighted by Crippen LogP contribution is -2.50. The molecule has 2 saturated carbocycles. The van der Waals surface area contributed by atoms with Crippen LogP contribution in [0.3, 0.4) is 0 Å². The Kier molecular flexibility index (Phi) is 10.6. The molecule has 0 spiro atoms. The second kappa shape index (κ2) is 12.4. The fourth-order valence-corrected chi connectivity index (χ4v) is 6.48. The van der Waals surface area contributed by atoms with E-state index in [4.69, 9.17) is 0 Å². The summed E-state index contributed by atoms with van der Waals surface area (Å²) in [6.07, 6.45) is 9.79. The van der Waals surface area contributed by atoms with Gasteiger partial charge in [-0.2, -0.15) is 0 Å². The van der Waals surface area contributed by atoms with Crippen LogP contribution in [0.1, 0.15) is 98.8 Å². The van der Waals surface area contributed by atoms with E-state index in [0.29, 0.717) is 24.8 Å². The molecular weight excluding hydrogens is 374 g/mol. The molecule has 2 fully saturated rings. The first-order valence-electron chi connectivity index (χ1n) is 12.9. The normalized spacial score (nSPS) is 38.2. The summed E-state index contributed by atoms with van der Waals surface area (Å²) in [7, 11) is 0. The number of hydrogen-bond donors (Lipinski definition) is 3. The molecule has 2 aliphatic rings. The van der Waals surface area contributed by atoms with Crippen molar-refractivity contribution in [3.05, 3.63) is 0 Å². The fourth-order valence-electron chi connectivity index (χ4n) is 6.48. The quantitative estimate of drug-likeness (QED) is 0.425. The third-order valence-electron chi connectivity index (χ3n) is 8.08. The molecule has 2 aliphatic carbocycles. The smallest absolute Gasteiger partial charge is 0.220 e. The molecule has 1 amide bonds. The van der Waals surface area contributed by atoms with Gasteiger partial charge in [0.05, 0.1) is 12.2 Å². The predicted molar refractivity (Wildman–Crippen MR) is 124 cm³/mol. The Morgan fingerprint density at radius 1 is 0.833 bits per heavy atom. The van der Waals surface area contributed by atoms with Crippen LogP contribution in [-0.4, -0.2) is 34.9 Å². The topological polar surface area (TPSA) is 69.6 Å². The van der Waals surface area contributed by atoms with E-state index < -0.39 is 0 Å². The molecule has 8 atom stereocenters. The number of carbonyl (C=O) groups excluding carboxylic acids is 1. The molecule has 0 aromatic rings. The zero-order valence-corrected chi connectivity index (χ0v) is 20.3. The Morgan fingerprint density at radius 3 is 1.83 bits per heavy atom. The van der Waals surface area contributed by atoms with Crippen LogP contribution in [0.4, 0.5) is 0 Å². The van der Waals surface area contributed by atoms with Crippen LogP contribution in [-0.2, 0) is 4.79 Å². The van der Waals surface area contributed by atoms with Gasteiger partial charge in [-0.05, 0) is 73.5 Å². The summed E-state index contributed by atoms with van der Waals surface area (Å²) in [5.41, 5.74) is 0. The minimum Gasteiger partial charge on any atom is -0.393 e. The molecule has 0 radical (unpaired) electrons. The second-order valence-electron chi connectivity index (χ2n) is 11.0. The minimum atomic E-state index is -0.336. The second-order valence-corrected chi connectivity index (χ2v) is 11.0. The van der Waals surface area contributed by atoms with E-state index in [9.17, 15) is 15.0 Å². The summed E-state index contributed by atoms with van der Waals surface area (Å²) >= 11 is 0. The van der Waals surface area contributed by atoms with E-state index in [1.807, 2.05) is 0 Å². The van der Waals surface area contributed by atoms with Gasteiger partial charge >= 0.3 is 0 Å². The third-order valence-corrected chi connectivity index (χ3v) is 8.08. The van der Waals surface area contributed by atoms with Gasteiger partial charge < -0.3 is 15.5 Å². The van der Waals surface area contributed by atoms with E-state index in [0.717, 1.165) is 38.5 Å². The monoisotopic (exact) mass is 423 g/mol. The van der Waals surface area contributed by atoms with Gasteiger partial charge in [-0.15, -0.1) is 0 Å². The molecular formula is C26H49NO3. The lowest BCUT2D eigenvalue weighted by atomic mass is 9.61. The van der Waals surface area contributed by atoms with Crippen LogP contribution in [0.25, 0.3) is 0 Å². The lowest BCUT2D eigenvalue weighted by molar-refractivity contribution is -0.123. The van der Waals surface area contributed by atoms with E-state index in [2.05, 4.69) is 39.9 Å². The molecule has 0 heterocycles. The van der Waals surface area contributed by atoms with Gasteiger partial charge in [0, 0.05) is 13.0 Å². The number of carbonyl (C=O) groups is 1. The molecule has 3 N–H and O–H groups in total. The first-order chi connectivity index (χ1) is 14.2. The van der Waals surface area contributed by atoms with E-state index >= 15 is 0 Å². The van der Waals surface area contributed by atoms with Crippen molar-refractivity contribution in [1.29, 1.82) is 0 Å². The zero-order valence-electron chi connectivity index (χ0n) is 20.3. The van der Waals surface area contributed by atoms with Gasteiger partial charge in [0.2, 0.25) is 5.91 Å². The fraction of sp³-hybridized carbons (Fsp3) is 0.962. The highest BCUT2D eigenvalue weighted by molar-refractivity contribution is 5.75.